The molecule has 0 bridgehead atoms. The second-order valence-electron chi connectivity index (χ2n) is 4.96. The Bertz CT molecular complexity index is 973. The number of rotatable bonds is 5. The third-order valence-corrected chi connectivity index (χ3v) is 4.55. The lowest BCUT2D eigenvalue weighted by Crippen LogP contribution is -2.12. The molecule has 0 aliphatic carbocycles. The molecular formula is C16H12ClN3O4S. The average Bonchev–Trinajstić information content (AvgIpc) is 2.96. The number of nitro groups is 1. The van der Waals surface area contributed by atoms with Gasteiger partial charge >= 0.3 is 0 Å². The van der Waals surface area contributed by atoms with Gasteiger partial charge in [0, 0.05) is 12.1 Å². The Balaban J connectivity index is 1.83. The zero-order chi connectivity index (χ0) is 18.0. The minimum Gasteiger partial charge on any atom is -0.494 e. The van der Waals surface area contributed by atoms with E-state index in [-0.39, 0.29) is 16.3 Å². The van der Waals surface area contributed by atoms with Gasteiger partial charge in [0.15, 0.2) is 5.13 Å². The number of fused-ring (bicyclic) bond motifs is 1. The first-order valence-corrected chi connectivity index (χ1v) is 8.46. The van der Waals surface area contributed by atoms with E-state index in [0.29, 0.717) is 11.7 Å². The number of amides is 1. The normalized spacial score (nSPS) is 10.6. The first-order valence-electron chi connectivity index (χ1n) is 7.26. The molecule has 1 heterocycles. The van der Waals surface area contributed by atoms with Crippen LogP contribution in [0.4, 0.5) is 10.8 Å². The van der Waals surface area contributed by atoms with Crippen molar-refractivity contribution in [3.63, 3.8) is 0 Å². The van der Waals surface area contributed by atoms with E-state index in [1.54, 1.807) is 0 Å². The standard InChI is InChI=1S/C16H12ClN3O4S/c1-2-24-10-4-6-13-14(8-10)25-16(18-13)19-15(21)11-5-3-9(20(22)23)7-12(11)17/h3-8H,2H2,1H3,(H,18,19,21). The zero-order valence-corrected chi connectivity index (χ0v) is 14.6. The maximum absolute atomic E-state index is 12.3. The molecule has 1 aromatic heterocycles. The molecule has 9 heteroatoms. The molecule has 0 saturated carbocycles. The lowest BCUT2D eigenvalue weighted by Gasteiger charge is -2.03. The number of hydrogen-bond donors (Lipinski definition) is 1. The average molecular weight is 378 g/mol. The van der Waals surface area contributed by atoms with Crippen LogP contribution in [0.2, 0.25) is 5.02 Å². The molecule has 3 aromatic rings. The van der Waals surface area contributed by atoms with E-state index in [1.165, 1.54) is 23.5 Å². The van der Waals surface area contributed by atoms with Gasteiger partial charge in [-0.1, -0.05) is 22.9 Å². The number of hydrogen-bond acceptors (Lipinski definition) is 6. The number of carbonyl (C=O) groups excluding carboxylic acids is 1. The molecule has 0 unspecified atom stereocenters. The third kappa shape index (κ3) is 3.70. The summed E-state index contributed by atoms with van der Waals surface area (Å²) in [5.74, 6) is 0.249. The minimum atomic E-state index is -0.572. The molecule has 0 spiro atoms. The van der Waals surface area contributed by atoms with Crippen molar-refractivity contribution in [1.29, 1.82) is 0 Å². The van der Waals surface area contributed by atoms with Crippen molar-refractivity contribution in [3.05, 3.63) is 57.1 Å². The van der Waals surface area contributed by atoms with Crippen LogP contribution in [0.5, 0.6) is 5.75 Å². The Labute approximate surface area is 151 Å². The van der Waals surface area contributed by atoms with Gasteiger partial charge in [-0.2, -0.15) is 0 Å². The Hall–Kier alpha value is -2.71. The molecule has 128 valence electrons. The molecule has 0 aliphatic rings. The SMILES string of the molecule is CCOc1ccc2nc(NC(=O)c3ccc([N+](=O)[O-])cc3Cl)sc2c1. The summed E-state index contributed by atoms with van der Waals surface area (Å²) >= 11 is 7.27. The second kappa shape index (κ2) is 7.04. The molecule has 1 N–H and O–H groups in total. The topological polar surface area (TPSA) is 94.4 Å². The van der Waals surface area contributed by atoms with E-state index >= 15 is 0 Å². The van der Waals surface area contributed by atoms with Crippen molar-refractivity contribution >= 4 is 49.9 Å². The summed E-state index contributed by atoms with van der Waals surface area (Å²) in [6.07, 6.45) is 0. The third-order valence-electron chi connectivity index (χ3n) is 3.30. The van der Waals surface area contributed by atoms with Crippen molar-refractivity contribution in [3.8, 4) is 5.75 Å². The molecule has 1 amide bonds. The van der Waals surface area contributed by atoms with Gasteiger partial charge in [-0.05, 0) is 31.2 Å². The smallest absolute Gasteiger partial charge is 0.270 e. The summed E-state index contributed by atoms with van der Waals surface area (Å²) < 4.78 is 6.31. The number of non-ortho nitro benzene ring substituents is 1. The van der Waals surface area contributed by atoms with Crippen LogP contribution in [0.25, 0.3) is 10.2 Å². The number of benzene rings is 2. The highest BCUT2D eigenvalue weighted by Crippen LogP contribution is 2.30. The number of nitrogens with zero attached hydrogens (tertiary/aromatic N) is 2. The van der Waals surface area contributed by atoms with E-state index in [1.807, 2.05) is 25.1 Å². The van der Waals surface area contributed by atoms with E-state index in [9.17, 15) is 14.9 Å². The molecule has 0 saturated heterocycles. The number of halogens is 1. The number of ether oxygens (including phenoxy) is 1. The van der Waals surface area contributed by atoms with Crippen LogP contribution in [-0.2, 0) is 0 Å². The highest BCUT2D eigenvalue weighted by atomic mass is 35.5. The predicted octanol–water partition coefficient (Wildman–Crippen LogP) is 4.51. The van der Waals surface area contributed by atoms with Gasteiger partial charge in [0.25, 0.3) is 11.6 Å². The first kappa shape index (κ1) is 17.1. The maximum atomic E-state index is 12.3. The molecule has 0 aliphatic heterocycles. The predicted molar refractivity (Wildman–Crippen MR) is 96.8 cm³/mol. The van der Waals surface area contributed by atoms with E-state index in [0.717, 1.165) is 22.0 Å². The summed E-state index contributed by atoms with van der Waals surface area (Å²) in [4.78, 5) is 26.8. The molecule has 3 rings (SSSR count). The molecule has 7 nitrogen and oxygen atoms in total. The van der Waals surface area contributed by atoms with Crippen LogP contribution in [0.1, 0.15) is 17.3 Å². The maximum Gasteiger partial charge on any atom is 0.270 e. The zero-order valence-electron chi connectivity index (χ0n) is 13.0. The van der Waals surface area contributed by atoms with E-state index in [4.69, 9.17) is 16.3 Å². The van der Waals surface area contributed by atoms with Gasteiger partial charge < -0.3 is 4.74 Å². The van der Waals surface area contributed by atoms with E-state index in [2.05, 4.69) is 10.3 Å². The molecular weight excluding hydrogens is 366 g/mol. The summed E-state index contributed by atoms with van der Waals surface area (Å²) in [6.45, 7) is 2.46. The fraction of sp³-hybridized carbons (Fsp3) is 0.125. The number of thiazole rings is 1. The summed E-state index contributed by atoms with van der Waals surface area (Å²) in [5.41, 5.74) is 0.699. The van der Waals surface area contributed by atoms with Crippen LogP contribution < -0.4 is 10.1 Å². The highest BCUT2D eigenvalue weighted by molar-refractivity contribution is 7.22. The molecule has 2 aromatic carbocycles. The van der Waals surface area contributed by atoms with Crippen molar-refractivity contribution in [2.24, 2.45) is 0 Å². The first-order chi connectivity index (χ1) is 12.0. The number of nitrogens with one attached hydrogen (secondary N) is 1. The quantitative estimate of drug-likeness (QED) is 0.521. The monoisotopic (exact) mass is 377 g/mol. The van der Waals surface area contributed by atoms with Gasteiger partial charge in [-0.25, -0.2) is 4.98 Å². The Morgan fingerprint density at radius 3 is 2.84 bits per heavy atom. The summed E-state index contributed by atoms with van der Waals surface area (Å²) in [6, 6.07) is 9.16. The Morgan fingerprint density at radius 1 is 1.36 bits per heavy atom. The van der Waals surface area contributed by atoms with Crippen LogP contribution in [0.15, 0.2) is 36.4 Å². The Morgan fingerprint density at radius 2 is 2.16 bits per heavy atom. The fourth-order valence-corrected chi connectivity index (χ4v) is 3.33. The molecule has 25 heavy (non-hydrogen) atoms. The lowest BCUT2D eigenvalue weighted by atomic mass is 10.2. The van der Waals surface area contributed by atoms with E-state index < -0.39 is 10.8 Å². The number of aromatic nitrogens is 1. The molecule has 0 atom stereocenters. The van der Waals surface area contributed by atoms with Crippen LogP contribution in [0, 0.1) is 10.1 Å². The van der Waals surface area contributed by atoms with Crippen molar-refractivity contribution in [2.45, 2.75) is 6.92 Å². The van der Waals surface area contributed by atoms with Crippen LogP contribution in [0.3, 0.4) is 0 Å². The second-order valence-corrected chi connectivity index (χ2v) is 6.39. The van der Waals surface area contributed by atoms with Crippen LogP contribution in [-0.4, -0.2) is 22.4 Å². The highest BCUT2D eigenvalue weighted by Gasteiger charge is 2.16. The van der Waals surface area contributed by atoms with Gasteiger partial charge in [-0.15, -0.1) is 0 Å². The number of anilines is 1. The van der Waals surface area contributed by atoms with Crippen molar-refractivity contribution in [2.75, 3.05) is 11.9 Å². The van der Waals surface area contributed by atoms with Gasteiger partial charge in [0.2, 0.25) is 0 Å². The van der Waals surface area contributed by atoms with Gasteiger partial charge in [0.1, 0.15) is 5.75 Å². The number of carbonyl (C=O) groups is 1. The Kier molecular flexibility index (Phi) is 4.82. The lowest BCUT2D eigenvalue weighted by molar-refractivity contribution is -0.384. The van der Waals surface area contributed by atoms with Gasteiger partial charge in [-0.3, -0.25) is 20.2 Å². The van der Waals surface area contributed by atoms with Crippen LogP contribution >= 0.6 is 22.9 Å². The minimum absolute atomic E-state index is 0.00597. The molecule has 0 fully saturated rings. The van der Waals surface area contributed by atoms with Crippen molar-refractivity contribution in [1.82, 2.24) is 4.98 Å². The van der Waals surface area contributed by atoms with Gasteiger partial charge in [0.05, 0.1) is 32.3 Å². The largest absolute Gasteiger partial charge is 0.494 e. The fourth-order valence-electron chi connectivity index (χ4n) is 2.18. The van der Waals surface area contributed by atoms with Crippen molar-refractivity contribution < 1.29 is 14.5 Å². The number of nitro benzene ring substituents is 1. The summed E-state index contributed by atoms with van der Waals surface area (Å²) in [5, 5.41) is 13.8. The molecule has 0 radical (unpaired) electrons. The summed E-state index contributed by atoms with van der Waals surface area (Å²) in [7, 11) is 0.